The third-order valence-electron chi connectivity index (χ3n) is 1.35. The molecular weight excluding hydrogens is 148 g/mol. The van der Waals surface area contributed by atoms with Gasteiger partial charge in [0, 0.05) is 5.75 Å². The smallest absolute Gasteiger partial charge is 0.307 e. The van der Waals surface area contributed by atoms with Crippen LogP contribution in [0.25, 0.3) is 0 Å². The summed E-state index contributed by atoms with van der Waals surface area (Å²) < 4.78 is 0. The number of hydrogen-bond donors (Lipinski definition) is 1. The first-order valence-corrected chi connectivity index (χ1v) is 4.83. The van der Waals surface area contributed by atoms with E-state index in [9.17, 15) is 4.79 Å². The fourth-order valence-corrected chi connectivity index (χ4v) is 1.54. The van der Waals surface area contributed by atoms with Crippen LogP contribution in [0.15, 0.2) is 0 Å². The summed E-state index contributed by atoms with van der Waals surface area (Å²) in [4.78, 5) is 10.5. The lowest BCUT2D eigenvalue weighted by atomic mass is 10.1. The largest absolute Gasteiger partial charge is 0.481 e. The molecule has 0 amide bonds. The second-order valence-corrected chi connectivity index (χ2v) is 3.19. The molecule has 0 bridgehead atoms. The fraction of sp³-hybridized carbons (Fsp3) is 0.857. The summed E-state index contributed by atoms with van der Waals surface area (Å²) in [5.41, 5.74) is 0. The van der Waals surface area contributed by atoms with Crippen molar-refractivity contribution in [3.8, 4) is 0 Å². The van der Waals surface area contributed by atoms with Crippen LogP contribution in [0.1, 0.15) is 19.8 Å². The monoisotopic (exact) mass is 162 g/mol. The summed E-state index contributed by atoms with van der Waals surface area (Å²) in [5.74, 6) is -0.0559. The zero-order chi connectivity index (χ0) is 7.98. The minimum atomic E-state index is -0.656. The van der Waals surface area contributed by atoms with E-state index >= 15 is 0 Å². The Kier molecular flexibility index (Phi) is 5.49. The van der Waals surface area contributed by atoms with Crippen molar-refractivity contribution in [1.29, 1.82) is 0 Å². The molecule has 0 aromatic heterocycles. The van der Waals surface area contributed by atoms with Crippen LogP contribution < -0.4 is 0 Å². The third kappa shape index (κ3) is 3.77. The highest BCUT2D eigenvalue weighted by atomic mass is 32.2. The van der Waals surface area contributed by atoms with E-state index in [1.165, 1.54) is 0 Å². The van der Waals surface area contributed by atoms with E-state index in [4.69, 9.17) is 5.11 Å². The van der Waals surface area contributed by atoms with Gasteiger partial charge in [0.25, 0.3) is 0 Å². The van der Waals surface area contributed by atoms with Crippen molar-refractivity contribution in [3.05, 3.63) is 0 Å². The predicted octanol–water partition coefficient (Wildman–Crippen LogP) is 1.85. The van der Waals surface area contributed by atoms with E-state index in [2.05, 4.69) is 0 Å². The van der Waals surface area contributed by atoms with E-state index in [1.807, 2.05) is 13.2 Å². The molecule has 2 nitrogen and oxygen atoms in total. The van der Waals surface area contributed by atoms with Gasteiger partial charge in [-0.2, -0.15) is 11.8 Å². The molecule has 0 aliphatic heterocycles. The number of aliphatic carboxylic acids is 1. The van der Waals surface area contributed by atoms with Crippen LogP contribution in [-0.4, -0.2) is 23.1 Å². The van der Waals surface area contributed by atoms with E-state index in [1.54, 1.807) is 11.8 Å². The lowest BCUT2D eigenvalue weighted by molar-refractivity contribution is -0.141. The molecule has 10 heavy (non-hydrogen) atoms. The lowest BCUT2D eigenvalue weighted by Gasteiger charge is -2.07. The Bertz CT molecular complexity index is 97.8. The molecule has 0 spiro atoms. The Morgan fingerprint density at radius 2 is 2.30 bits per heavy atom. The number of carboxylic acids is 1. The highest BCUT2D eigenvalue weighted by Gasteiger charge is 2.14. The van der Waals surface area contributed by atoms with Crippen molar-refractivity contribution in [1.82, 2.24) is 0 Å². The zero-order valence-electron chi connectivity index (χ0n) is 6.46. The summed E-state index contributed by atoms with van der Waals surface area (Å²) in [6, 6.07) is 0. The molecular formula is C7H14O2S. The summed E-state index contributed by atoms with van der Waals surface area (Å²) in [6.45, 7) is 2.01. The molecule has 0 heterocycles. The molecule has 60 valence electrons. The minimum absolute atomic E-state index is 0.139. The molecule has 1 N–H and O–H groups in total. The van der Waals surface area contributed by atoms with Crippen LogP contribution in [0, 0.1) is 5.92 Å². The Labute approximate surface area is 66.0 Å². The SMILES string of the molecule is CCCC(CSC)C(=O)O. The predicted molar refractivity (Wildman–Crippen MR) is 44.4 cm³/mol. The second kappa shape index (κ2) is 5.59. The molecule has 0 aliphatic carbocycles. The van der Waals surface area contributed by atoms with Crippen LogP contribution >= 0.6 is 11.8 Å². The van der Waals surface area contributed by atoms with Crippen molar-refractivity contribution in [2.75, 3.05) is 12.0 Å². The van der Waals surface area contributed by atoms with Gasteiger partial charge in [-0.3, -0.25) is 4.79 Å². The highest BCUT2D eigenvalue weighted by molar-refractivity contribution is 7.98. The Morgan fingerprint density at radius 1 is 1.70 bits per heavy atom. The number of carbonyl (C=O) groups is 1. The molecule has 0 fully saturated rings. The van der Waals surface area contributed by atoms with Crippen molar-refractivity contribution in [2.45, 2.75) is 19.8 Å². The third-order valence-corrected chi connectivity index (χ3v) is 2.09. The van der Waals surface area contributed by atoms with Gasteiger partial charge in [-0.05, 0) is 12.7 Å². The molecule has 0 aromatic carbocycles. The first-order chi connectivity index (χ1) is 4.72. The molecule has 0 rings (SSSR count). The molecule has 1 atom stereocenters. The van der Waals surface area contributed by atoms with Gasteiger partial charge in [0.05, 0.1) is 5.92 Å². The van der Waals surface area contributed by atoms with Gasteiger partial charge in [-0.15, -0.1) is 0 Å². The normalized spacial score (nSPS) is 13.0. The Morgan fingerprint density at radius 3 is 2.60 bits per heavy atom. The molecule has 0 aliphatic rings. The average Bonchev–Trinajstić information content (AvgIpc) is 1.87. The maximum atomic E-state index is 10.5. The summed E-state index contributed by atoms with van der Waals surface area (Å²) in [7, 11) is 0. The number of rotatable bonds is 5. The van der Waals surface area contributed by atoms with E-state index in [-0.39, 0.29) is 5.92 Å². The van der Waals surface area contributed by atoms with Gasteiger partial charge >= 0.3 is 5.97 Å². The number of hydrogen-bond acceptors (Lipinski definition) is 2. The van der Waals surface area contributed by atoms with Gasteiger partial charge in [0.15, 0.2) is 0 Å². The van der Waals surface area contributed by atoms with Crippen molar-refractivity contribution >= 4 is 17.7 Å². The van der Waals surface area contributed by atoms with Crippen molar-refractivity contribution < 1.29 is 9.90 Å². The van der Waals surface area contributed by atoms with E-state index < -0.39 is 5.97 Å². The highest BCUT2D eigenvalue weighted by Crippen LogP contribution is 2.11. The molecule has 3 heteroatoms. The molecule has 0 radical (unpaired) electrons. The number of thioether (sulfide) groups is 1. The maximum absolute atomic E-state index is 10.5. The number of carboxylic acid groups (broad SMARTS) is 1. The van der Waals surface area contributed by atoms with Crippen LogP contribution in [0.4, 0.5) is 0 Å². The quantitative estimate of drug-likeness (QED) is 0.670. The van der Waals surface area contributed by atoms with Crippen molar-refractivity contribution in [3.63, 3.8) is 0 Å². The second-order valence-electron chi connectivity index (χ2n) is 2.28. The first kappa shape index (κ1) is 9.82. The first-order valence-electron chi connectivity index (χ1n) is 3.44. The van der Waals surface area contributed by atoms with Crippen LogP contribution in [0.5, 0.6) is 0 Å². The average molecular weight is 162 g/mol. The molecule has 0 saturated carbocycles. The summed E-state index contributed by atoms with van der Waals surface area (Å²) >= 11 is 1.60. The van der Waals surface area contributed by atoms with Crippen LogP contribution in [0.2, 0.25) is 0 Å². The maximum Gasteiger partial charge on any atom is 0.307 e. The summed E-state index contributed by atoms with van der Waals surface area (Å²) in [5, 5.41) is 8.62. The summed E-state index contributed by atoms with van der Waals surface area (Å²) in [6.07, 6.45) is 3.69. The minimum Gasteiger partial charge on any atom is -0.481 e. The topological polar surface area (TPSA) is 37.3 Å². The lowest BCUT2D eigenvalue weighted by Crippen LogP contribution is -2.15. The van der Waals surface area contributed by atoms with Crippen molar-refractivity contribution in [2.24, 2.45) is 5.92 Å². The standard InChI is InChI=1S/C7H14O2S/c1-3-4-6(5-10-2)7(8)9/h6H,3-5H2,1-2H3,(H,8,9). The van der Waals surface area contributed by atoms with Gasteiger partial charge in [0.1, 0.15) is 0 Å². The van der Waals surface area contributed by atoms with E-state index in [0.29, 0.717) is 0 Å². The molecule has 0 saturated heterocycles. The molecule has 0 aromatic rings. The van der Waals surface area contributed by atoms with Gasteiger partial charge < -0.3 is 5.11 Å². The van der Waals surface area contributed by atoms with Gasteiger partial charge in [0.2, 0.25) is 0 Å². The van der Waals surface area contributed by atoms with E-state index in [0.717, 1.165) is 18.6 Å². The van der Waals surface area contributed by atoms with Gasteiger partial charge in [-0.1, -0.05) is 13.3 Å². The van der Waals surface area contributed by atoms with Crippen LogP contribution in [-0.2, 0) is 4.79 Å². The zero-order valence-corrected chi connectivity index (χ0v) is 7.28. The van der Waals surface area contributed by atoms with Crippen LogP contribution in [0.3, 0.4) is 0 Å². The Hall–Kier alpha value is -0.180. The molecule has 1 unspecified atom stereocenters. The fourth-order valence-electron chi connectivity index (χ4n) is 0.828. The van der Waals surface area contributed by atoms with Gasteiger partial charge in [-0.25, -0.2) is 0 Å². The Balaban J connectivity index is 3.61.